The average Bonchev–Trinajstić information content (AvgIpc) is 2.47. The molecule has 0 bridgehead atoms. The second-order valence-electron chi connectivity index (χ2n) is 5.08. The van der Waals surface area contributed by atoms with Gasteiger partial charge in [-0.2, -0.15) is 0 Å². The second kappa shape index (κ2) is 6.79. The van der Waals surface area contributed by atoms with E-state index in [9.17, 15) is 30.6 Å². The third kappa shape index (κ3) is 3.35. The molecule has 0 radical (unpaired) electrons. The van der Waals surface area contributed by atoms with Gasteiger partial charge in [-0.25, -0.2) is 0 Å². The molecule has 21 heavy (non-hydrogen) atoms. The van der Waals surface area contributed by atoms with Gasteiger partial charge in [0.05, 0.1) is 13.2 Å². The molecule has 0 saturated carbocycles. The highest BCUT2D eigenvalue weighted by atomic mass is 16.7. The molecule has 0 amide bonds. The lowest BCUT2D eigenvalue weighted by atomic mass is 9.99. The quantitative estimate of drug-likeness (QED) is 0.268. The number of aliphatic hydroxyl groups excluding tert-OH is 7. The maximum absolute atomic E-state index is 9.78. The van der Waals surface area contributed by atoms with Gasteiger partial charge < -0.3 is 50.0 Å². The Kier molecular flexibility index (Phi) is 5.48. The lowest BCUT2D eigenvalue weighted by molar-refractivity contribution is -0.352. The van der Waals surface area contributed by atoms with Crippen molar-refractivity contribution in [3.05, 3.63) is 0 Å². The van der Waals surface area contributed by atoms with Crippen LogP contribution in [0.25, 0.3) is 0 Å². The van der Waals surface area contributed by atoms with Gasteiger partial charge >= 0.3 is 0 Å². The van der Waals surface area contributed by atoms with Crippen molar-refractivity contribution in [2.45, 2.75) is 55.3 Å². The summed E-state index contributed by atoms with van der Waals surface area (Å²) in [6.45, 7) is -0.934. The molecule has 9 atom stereocenters. The first kappa shape index (κ1) is 17.0. The Morgan fingerprint density at radius 3 is 2.19 bits per heavy atom. The number of hydrogen-bond acceptors (Lipinski definition) is 10. The minimum Gasteiger partial charge on any atom is -0.394 e. The highest BCUT2D eigenvalue weighted by molar-refractivity contribution is 4.91. The van der Waals surface area contributed by atoms with Crippen LogP contribution in [0.15, 0.2) is 0 Å². The standard InChI is InChI=1S/C11H20O10/c12-1-4-6(15)7(16)8(17)11(20-4)21-9-5(14)3(13)2-19-10(9)18/h3-18H,1-2H2/t3-,4+,5+,6+,7+,8+,9-,10-,11-/m0/s1. The predicted molar refractivity (Wildman–Crippen MR) is 62.6 cm³/mol. The fraction of sp³-hybridized carbons (Fsp3) is 1.00. The average molecular weight is 312 g/mol. The van der Waals surface area contributed by atoms with Crippen LogP contribution in [0.5, 0.6) is 0 Å². The third-order valence-electron chi connectivity index (χ3n) is 3.59. The highest BCUT2D eigenvalue weighted by Crippen LogP contribution is 2.26. The van der Waals surface area contributed by atoms with Crippen molar-refractivity contribution in [1.29, 1.82) is 0 Å². The fourth-order valence-electron chi connectivity index (χ4n) is 2.26. The van der Waals surface area contributed by atoms with Crippen LogP contribution in [-0.4, -0.2) is 104 Å². The van der Waals surface area contributed by atoms with Crippen molar-refractivity contribution in [1.82, 2.24) is 0 Å². The Labute approximate surface area is 119 Å². The molecule has 0 unspecified atom stereocenters. The van der Waals surface area contributed by atoms with E-state index in [1.165, 1.54) is 0 Å². The lowest BCUT2D eigenvalue weighted by Crippen LogP contribution is -2.62. The Morgan fingerprint density at radius 1 is 0.905 bits per heavy atom. The third-order valence-corrected chi connectivity index (χ3v) is 3.59. The van der Waals surface area contributed by atoms with E-state index in [0.717, 1.165) is 0 Å². The summed E-state index contributed by atoms with van der Waals surface area (Å²) in [5.41, 5.74) is 0. The van der Waals surface area contributed by atoms with Gasteiger partial charge in [0.2, 0.25) is 0 Å². The normalized spacial score (nSPS) is 51.9. The van der Waals surface area contributed by atoms with Gasteiger partial charge in [-0.1, -0.05) is 0 Å². The maximum atomic E-state index is 9.78. The van der Waals surface area contributed by atoms with E-state index in [-0.39, 0.29) is 6.61 Å². The van der Waals surface area contributed by atoms with E-state index in [1.807, 2.05) is 0 Å². The molecule has 10 heteroatoms. The first-order chi connectivity index (χ1) is 9.86. The van der Waals surface area contributed by atoms with Crippen molar-refractivity contribution in [2.75, 3.05) is 13.2 Å². The van der Waals surface area contributed by atoms with Gasteiger partial charge in [0.25, 0.3) is 0 Å². The van der Waals surface area contributed by atoms with Crippen LogP contribution in [-0.2, 0) is 14.2 Å². The van der Waals surface area contributed by atoms with Crippen molar-refractivity contribution in [3.8, 4) is 0 Å². The topological polar surface area (TPSA) is 169 Å². The highest BCUT2D eigenvalue weighted by Gasteiger charge is 2.48. The van der Waals surface area contributed by atoms with Crippen LogP contribution in [0.3, 0.4) is 0 Å². The van der Waals surface area contributed by atoms with Crippen molar-refractivity contribution in [3.63, 3.8) is 0 Å². The Hall–Kier alpha value is -0.400. The number of ether oxygens (including phenoxy) is 3. The molecule has 2 rings (SSSR count). The van der Waals surface area contributed by atoms with E-state index in [4.69, 9.17) is 19.3 Å². The van der Waals surface area contributed by atoms with Gasteiger partial charge in [-0.15, -0.1) is 0 Å². The summed E-state index contributed by atoms with van der Waals surface area (Å²) in [7, 11) is 0. The second-order valence-corrected chi connectivity index (χ2v) is 5.08. The maximum Gasteiger partial charge on any atom is 0.187 e. The Bertz CT molecular complexity index is 339. The lowest BCUT2D eigenvalue weighted by Gasteiger charge is -2.43. The number of aliphatic hydroxyl groups is 7. The molecule has 2 saturated heterocycles. The molecule has 10 nitrogen and oxygen atoms in total. The molecular weight excluding hydrogens is 292 g/mol. The predicted octanol–water partition coefficient (Wildman–Crippen LogP) is -4.76. The zero-order valence-electron chi connectivity index (χ0n) is 11.0. The Morgan fingerprint density at radius 2 is 1.57 bits per heavy atom. The monoisotopic (exact) mass is 312 g/mol. The molecule has 0 aromatic heterocycles. The Balaban J connectivity index is 2.06. The smallest absolute Gasteiger partial charge is 0.187 e. The molecular formula is C11H20O10. The van der Waals surface area contributed by atoms with E-state index in [0.29, 0.717) is 0 Å². The van der Waals surface area contributed by atoms with E-state index in [1.54, 1.807) is 0 Å². The molecule has 2 aliphatic heterocycles. The summed E-state index contributed by atoms with van der Waals surface area (Å²) in [5, 5.41) is 66.8. The zero-order chi connectivity index (χ0) is 15.7. The van der Waals surface area contributed by atoms with Crippen LogP contribution in [0.4, 0.5) is 0 Å². The summed E-state index contributed by atoms with van der Waals surface area (Å²) >= 11 is 0. The summed E-state index contributed by atoms with van der Waals surface area (Å²) in [5.74, 6) is 0. The van der Waals surface area contributed by atoms with Crippen molar-refractivity contribution in [2.24, 2.45) is 0 Å². The van der Waals surface area contributed by atoms with Crippen molar-refractivity contribution >= 4 is 0 Å². The molecule has 0 aromatic rings. The molecule has 0 spiro atoms. The zero-order valence-corrected chi connectivity index (χ0v) is 11.0. The molecule has 7 N–H and O–H groups in total. The summed E-state index contributed by atoms with van der Waals surface area (Å²) in [6.07, 6.45) is -13.4. The molecule has 0 aliphatic carbocycles. The minimum atomic E-state index is -1.68. The van der Waals surface area contributed by atoms with Gasteiger partial charge in [0.15, 0.2) is 12.6 Å². The first-order valence-electron chi connectivity index (χ1n) is 6.48. The van der Waals surface area contributed by atoms with E-state index >= 15 is 0 Å². The largest absolute Gasteiger partial charge is 0.394 e. The summed E-state index contributed by atoms with van der Waals surface area (Å²) < 4.78 is 15.0. The molecule has 124 valence electrons. The van der Waals surface area contributed by atoms with Gasteiger partial charge in [0.1, 0.15) is 42.7 Å². The number of hydrogen-bond donors (Lipinski definition) is 7. The SMILES string of the molecule is OC[C@H]1O[C@@H](O[C@H]2[C@H](O)[C@@H](O)CO[C@@H]2O)[C@H](O)[C@H](O)[C@@H]1O. The molecule has 2 fully saturated rings. The van der Waals surface area contributed by atoms with Gasteiger partial charge in [-0.05, 0) is 0 Å². The summed E-state index contributed by atoms with van der Waals surface area (Å²) in [4.78, 5) is 0. The van der Waals surface area contributed by atoms with Crippen LogP contribution in [0.2, 0.25) is 0 Å². The first-order valence-corrected chi connectivity index (χ1v) is 6.48. The van der Waals surface area contributed by atoms with Crippen LogP contribution in [0.1, 0.15) is 0 Å². The van der Waals surface area contributed by atoms with Gasteiger partial charge in [0, 0.05) is 0 Å². The van der Waals surface area contributed by atoms with Crippen LogP contribution >= 0.6 is 0 Å². The van der Waals surface area contributed by atoms with E-state index in [2.05, 4.69) is 0 Å². The van der Waals surface area contributed by atoms with Crippen molar-refractivity contribution < 1.29 is 50.0 Å². The molecule has 2 heterocycles. The number of rotatable bonds is 3. The van der Waals surface area contributed by atoms with Gasteiger partial charge in [-0.3, -0.25) is 0 Å². The van der Waals surface area contributed by atoms with Crippen LogP contribution in [0, 0.1) is 0 Å². The molecule has 0 aromatic carbocycles. The minimum absolute atomic E-state index is 0.295. The fourth-order valence-corrected chi connectivity index (χ4v) is 2.26. The summed E-state index contributed by atoms with van der Waals surface area (Å²) in [6, 6.07) is 0. The molecule has 2 aliphatic rings. The van der Waals surface area contributed by atoms with E-state index < -0.39 is 61.9 Å². The van der Waals surface area contributed by atoms with Crippen LogP contribution < -0.4 is 0 Å².